The molecule has 0 unspecified atom stereocenters. The Labute approximate surface area is 328 Å². The summed E-state index contributed by atoms with van der Waals surface area (Å²) in [6.07, 6.45) is 63.6. The Morgan fingerprint density at radius 2 is 0.679 bits per heavy atom. The van der Waals surface area contributed by atoms with Gasteiger partial charge >= 0.3 is 11.9 Å². The van der Waals surface area contributed by atoms with Crippen LogP contribution in [-0.2, 0) is 19.1 Å². The number of carbonyl (C=O) groups is 2. The maximum atomic E-state index is 12.0. The minimum Gasteiger partial charge on any atom is -0.466 e. The lowest BCUT2D eigenvalue weighted by Gasteiger charge is -2.06. The van der Waals surface area contributed by atoms with Gasteiger partial charge in [-0.3, -0.25) is 9.59 Å². The third-order valence-corrected chi connectivity index (χ3v) is 9.07. The van der Waals surface area contributed by atoms with Gasteiger partial charge in [0, 0.05) is 19.3 Å². The van der Waals surface area contributed by atoms with Crippen molar-refractivity contribution in [3.63, 3.8) is 0 Å². The summed E-state index contributed by atoms with van der Waals surface area (Å²) in [7, 11) is 0. The van der Waals surface area contributed by atoms with Gasteiger partial charge in [-0.1, -0.05) is 189 Å². The van der Waals surface area contributed by atoms with Gasteiger partial charge in [0.1, 0.15) is 0 Å². The molecule has 0 radical (unpaired) electrons. The van der Waals surface area contributed by atoms with Gasteiger partial charge in [0.15, 0.2) is 0 Å². The van der Waals surface area contributed by atoms with Crippen LogP contribution in [0.5, 0.6) is 0 Å². The maximum absolute atomic E-state index is 12.0. The molecule has 0 rings (SSSR count). The molecule has 0 aromatic rings. The lowest BCUT2D eigenvalue weighted by Crippen LogP contribution is -2.10. The van der Waals surface area contributed by atoms with E-state index in [1.807, 2.05) is 6.08 Å². The number of esters is 2. The van der Waals surface area contributed by atoms with Crippen LogP contribution < -0.4 is 0 Å². The smallest absolute Gasteiger partial charge is 0.306 e. The summed E-state index contributed by atoms with van der Waals surface area (Å²) in [5, 5.41) is 0. The zero-order valence-electron chi connectivity index (χ0n) is 34.6. The molecule has 302 valence electrons. The lowest BCUT2D eigenvalue weighted by molar-refractivity contribution is -0.146. The molecule has 0 atom stereocenters. The van der Waals surface area contributed by atoms with E-state index in [0.717, 1.165) is 51.4 Å². The fraction of sp³-hybridized carbons (Fsp3) is 0.673. The summed E-state index contributed by atoms with van der Waals surface area (Å²) in [5.74, 6) is -0.338. The first-order valence-corrected chi connectivity index (χ1v) is 22.1. The van der Waals surface area contributed by atoms with Crippen LogP contribution in [0, 0.1) is 0 Å². The minimum absolute atomic E-state index is 0.137. The van der Waals surface area contributed by atoms with Gasteiger partial charge in [-0.2, -0.15) is 0 Å². The quantitative estimate of drug-likeness (QED) is 0.0358. The largest absolute Gasteiger partial charge is 0.466 e. The standard InChI is InChI=1S/C49H82O4/c1-3-5-7-9-11-13-15-17-19-21-23-24-26-28-30-32-34-36-38-40-42-45-49(51)53-47-43-46-52-48(50)44-41-39-37-35-33-31-29-27-25-22-20-18-16-14-12-10-8-6-4-2/h6,8,12,14,17-20,25,27,31,33,37,39H,3-5,7,9-11,13,15-16,21-24,26,28-30,32,34-36,38,40-47H2,1-2H3/b8-6+,14-12+,19-17+,20-18+,27-25+,33-31+,39-37+. The Bertz CT molecular complexity index is 996. The Hall–Kier alpha value is -2.88. The van der Waals surface area contributed by atoms with Crippen molar-refractivity contribution in [2.24, 2.45) is 0 Å². The van der Waals surface area contributed by atoms with Crippen LogP contribution in [0.2, 0.25) is 0 Å². The molecule has 0 aromatic carbocycles. The van der Waals surface area contributed by atoms with E-state index in [0.29, 0.717) is 38.9 Å². The molecule has 0 aliphatic rings. The SMILES string of the molecule is CC/C=C/C/C=C/C/C=C/C/C=C/C/C=C/C/C=C/CCC(=O)OCCCOC(=O)CCCCCCCCCCCCC/C=C/CCCCCCCC. The number of ether oxygens (including phenoxy) is 2. The van der Waals surface area contributed by atoms with Gasteiger partial charge in [-0.15, -0.1) is 0 Å². The summed E-state index contributed by atoms with van der Waals surface area (Å²) in [5.41, 5.74) is 0. The third-order valence-electron chi connectivity index (χ3n) is 9.07. The number of carbonyl (C=O) groups excluding carboxylic acids is 2. The maximum Gasteiger partial charge on any atom is 0.306 e. The summed E-state index contributed by atoms with van der Waals surface area (Å²) >= 11 is 0. The van der Waals surface area contributed by atoms with Gasteiger partial charge in [0.25, 0.3) is 0 Å². The topological polar surface area (TPSA) is 52.6 Å². The molecule has 53 heavy (non-hydrogen) atoms. The summed E-state index contributed by atoms with van der Waals surface area (Å²) in [6, 6.07) is 0. The van der Waals surface area contributed by atoms with Crippen LogP contribution in [0.25, 0.3) is 0 Å². The van der Waals surface area contributed by atoms with Crippen molar-refractivity contribution in [2.75, 3.05) is 13.2 Å². The van der Waals surface area contributed by atoms with Crippen LogP contribution in [0.3, 0.4) is 0 Å². The average molecular weight is 735 g/mol. The van der Waals surface area contributed by atoms with Crippen molar-refractivity contribution in [1.82, 2.24) is 0 Å². The minimum atomic E-state index is -0.201. The molecular formula is C49H82O4. The number of unbranched alkanes of at least 4 members (excludes halogenated alkanes) is 17. The molecule has 4 heteroatoms. The van der Waals surface area contributed by atoms with Crippen molar-refractivity contribution in [1.29, 1.82) is 0 Å². The van der Waals surface area contributed by atoms with Gasteiger partial charge in [-0.05, 0) is 77.0 Å². The normalized spacial score (nSPS) is 12.4. The molecule has 0 spiro atoms. The van der Waals surface area contributed by atoms with Crippen molar-refractivity contribution in [3.8, 4) is 0 Å². The monoisotopic (exact) mass is 735 g/mol. The highest BCUT2D eigenvalue weighted by Crippen LogP contribution is 2.13. The van der Waals surface area contributed by atoms with Crippen LogP contribution in [0.15, 0.2) is 85.1 Å². The molecule has 4 nitrogen and oxygen atoms in total. The summed E-state index contributed by atoms with van der Waals surface area (Å²) in [6.45, 7) is 5.05. The van der Waals surface area contributed by atoms with Gasteiger partial charge < -0.3 is 9.47 Å². The highest BCUT2D eigenvalue weighted by molar-refractivity contribution is 5.69. The van der Waals surface area contributed by atoms with E-state index >= 15 is 0 Å². The lowest BCUT2D eigenvalue weighted by atomic mass is 10.0. The van der Waals surface area contributed by atoms with Crippen molar-refractivity contribution >= 4 is 11.9 Å². The van der Waals surface area contributed by atoms with E-state index in [1.54, 1.807) is 0 Å². The molecule has 0 aliphatic heterocycles. The second-order valence-corrected chi connectivity index (χ2v) is 14.2. The van der Waals surface area contributed by atoms with E-state index in [2.05, 4.69) is 92.8 Å². The molecule has 0 saturated carbocycles. The van der Waals surface area contributed by atoms with E-state index in [4.69, 9.17) is 9.47 Å². The van der Waals surface area contributed by atoms with E-state index in [1.165, 1.54) is 109 Å². The van der Waals surface area contributed by atoms with Crippen molar-refractivity contribution < 1.29 is 19.1 Å². The highest BCUT2D eigenvalue weighted by Gasteiger charge is 2.04. The van der Waals surface area contributed by atoms with E-state index < -0.39 is 0 Å². The van der Waals surface area contributed by atoms with Gasteiger partial charge in [0.2, 0.25) is 0 Å². The molecule has 0 bridgehead atoms. The number of allylic oxidation sites excluding steroid dienone is 14. The van der Waals surface area contributed by atoms with Crippen LogP contribution in [-0.4, -0.2) is 25.2 Å². The predicted molar refractivity (Wildman–Crippen MR) is 231 cm³/mol. The number of rotatable bonds is 39. The van der Waals surface area contributed by atoms with E-state index in [9.17, 15) is 9.59 Å². The summed E-state index contributed by atoms with van der Waals surface area (Å²) in [4.78, 5) is 23.9. The second-order valence-electron chi connectivity index (χ2n) is 14.2. The molecular weight excluding hydrogens is 653 g/mol. The first kappa shape index (κ1) is 50.1. The molecule has 0 aliphatic carbocycles. The van der Waals surface area contributed by atoms with Crippen LogP contribution in [0.1, 0.15) is 200 Å². The van der Waals surface area contributed by atoms with Crippen LogP contribution >= 0.6 is 0 Å². The van der Waals surface area contributed by atoms with E-state index in [-0.39, 0.29) is 11.9 Å². The first-order valence-electron chi connectivity index (χ1n) is 22.1. The van der Waals surface area contributed by atoms with Crippen molar-refractivity contribution in [3.05, 3.63) is 85.1 Å². The second kappa shape index (κ2) is 45.3. The van der Waals surface area contributed by atoms with Gasteiger partial charge in [0.05, 0.1) is 13.2 Å². The number of hydrogen-bond acceptors (Lipinski definition) is 4. The Kier molecular flexibility index (Phi) is 42.8. The Morgan fingerprint density at radius 3 is 1.11 bits per heavy atom. The highest BCUT2D eigenvalue weighted by atomic mass is 16.5. The third kappa shape index (κ3) is 45.2. The van der Waals surface area contributed by atoms with Gasteiger partial charge in [-0.25, -0.2) is 0 Å². The predicted octanol–water partition coefficient (Wildman–Crippen LogP) is 15.3. The Morgan fingerprint density at radius 1 is 0.340 bits per heavy atom. The molecule has 0 saturated heterocycles. The zero-order valence-corrected chi connectivity index (χ0v) is 34.6. The summed E-state index contributed by atoms with van der Waals surface area (Å²) < 4.78 is 10.6. The molecule has 0 N–H and O–H groups in total. The molecule has 0 aromatic heterocycles. The fourth-order valence-electron chi connectivity index (χ4n) is 5.82. The zero-order chi connectivity index (χ0) is 38.4. The molecule has 0 fully saturated rings. The molecule has 0 heterocycles. The van der Waals surface area contributed by atoms with Crippen molar-refractivity contribution in [2.45, 2.75) is 200 Å². The number of hydrogen-bond donors (Lipinski definition) is 0. The Balaban J connectivity index is 3.44. The van der Waals surface area contributed by atoms with Crippen LogP contribution in [0.4, 0.5) is 0 Å². The fourth-order valence-corrected chi connectivity index (χ4v) is 5.82. The molecule has 0 amide bonds. The first-order chi connectivity index (χ1) is 26.2. The average Bonchev–Trinajstić information content (AvgIpc) is 3.16.